The molecule has 6 nitrogen and oxygen atoms in total. The Labute approximate surface area is 174 Å². The fourth-order valence-electron chi connectivity index (χ4n) is 2.86. The maximum Gasteiger partial charge on any atom is 0.253 e. The molecule has 0 unspecified atom stereocenters. The molecule has 0 radical (unpaired) electrons. The van der Waals surface area contributed by atoms with Gasteiger partial charge >= 0.3 is 0 Å². The summed E-state index contributed by atoms with van der Waals surface area (Å²) in [7, 11) is 5.23. The minimum Gasteiger partial charge on any atom is -0.380 e. The van der Waals surface area contributed by atoms with Crippen molar-refractivity contribution in [2.24, 2.45) is 4.99 Å². The number of rotatable bonds is 9. The van der Waals surface area contributed by atoms with Gasteiger partial charge in [0.1, 0.15) is 0 Å². The van der Waals surface area contributed by atoms with Gasteiger partial charge in [0.15, 0.2) is 5.96 Å². The molecule has 0 bridgehead atoms. The number of methoxy groups -OCH3 is 1. The van der Waals surface area contributed by atoms with E-state index in [4.69, 9.17) is 4.74 Å². The SMILES string of the molecule is CCNC(=NCc1ccc(COC)cc1)NCCc1cccc(C(=O)N(C)C)c1. The molecule has 29 heavy (non-hydrogen) atoms. The quantitative estimate of drug-likeness (QED) is 0.505. The van der Waals surface area contributed by atoms with Crippen LogP contribution in [0.5, 0.6) is 0 Å². The van der Waals surface area contributed by atoms with Crippen LogP contribution in [0.15, 0.2) is 53.5 Å². The summed E-state index contributed by atoms with van der Waals surface area (Å²) in [6.07, 6.45) is 0.810. The number of carbonyl (C=O) groups excluding carboxylic acids is 1. The fourth-order valence-corrected chi connectivity index (χ4v) is 2.86. The maximum atomic E-state index is 12.1. The van der Waals surface area contributed by atoms with E-state index in [1.165, 1.54) is 0 Å². The van der Waals surface area contributed by atoms with Crippen molar-refractivity contribution in [3.05, 3.63) is 70.8 Å². The molecule has 0 aliphatic rings. The van der Waals surface area contributed by atoms with Crippen LogP contribution in [0, 0.1) is 0 Å². The highest BCUT2D eigenvalue weighted by molar-refractivity contribution is 5.94. The number of nitrogens with one attached hydrogen (secondary N) is 2. The van der Waals surface area contributed by atoms with E-state index < -0.39 is 0 Å². The standard InChI is InChI=1S/C23H32N4O2/c1-5-24-23(26-16-19-9-11-20(12-10-19)17-29-4)25-14-13-18-7-6-8-21(15-18)22(28)27(2)3/h6-12,15H,5,13-14,16-17H2,1-4H3,(H2,24,25,26). The lowest BCUT2D eigenvalue weighted by molar-refractivity contribution is 0.0827. The number of ether oxygens (including phenoxy) is 1. The first kappa shape index (κ1) is 22.4. The summed E-state index contributed by atoms with van der Waals surface area (Å²) in [5.41, 5.74) is 4.14. The van der Waals surface area contributed by atoms with Gasteiger partial charge in [-0.2, -0.15) is 0 Å². The van der Waals surface area contributed by atoms with Gasteiger partial charge in [-0.25, -0.2) is 4.99 Å². The number of carbonyl (C=O) groups is 1. The van der Waals surface area contributed by atoms with Crippen molar-refractivity contribution >= 4 is 11.9 Å². The molecule has 0 spiro atoms. The third-order valence-electron chi connectivity index (χ3n) is 4.38. The molecule has 0 aromatic heterocycles. The second kappa shape index (κ2) is 11.9. The zero-order chi connectivity index (χ0) is 21.1. The third kappa shape index (κ3) is 7.58. The zero-order valence-corrected chi connectivity index (χ0v) is 17.9. The summed E-state index contributed by atoms with van der Waals surface area (Å²) in [5, 5.41) is 6.64. The van der Waals surface area contributed by atoms with E-state index in [1.807, 2.05) is 31.2 Å². The van der Waals surface area contributed by atoms with Crippen molar-refractivity contribution in [2.75, 3.05) is 34.3 Å². The van der Waals surface area contributed by atoms with Gasteiger partial charge < -0.3 is 20.3 Å². The Morgan fingerprint density at radius 1 is 1.03 bits per heavy atom. The topological polar surface area (TPSA) is 66.0 Å². The second-order valence-electron chi connectivity index (χ2n) is 7.02. The molecule has 2 N–H and O–H groups in total. The van der Waals surface area contributed by atoms with Crippen molar-refractivity contribution in [1.82, 2.24) is 15.5 Å². The normalized spacial score (nSPS) is 11.2. The van der Waals surface area contributed by atoms with Gasteiger partial charge in [-0.15, -0.1) is 0 Å². The summed E-state index contributed by atoms with van der Waals surface area (Å²) in [4.78, 5) is 18.4. The average molecular weight is 397 g/mol. The number of hydrogen-bond donors (Lipinski definition) is 2. The third-order valence-corrected chi connectivity index (χ3v) is 4.38. The number of aliphatic imine (C=N–C) groups is 1. The molecule has 0 atom stereocenters. The van der Waals surface area contributed by atoms with Gasteiger partial charge in [-0.05, 0) is 42.2 Å². The number of hydrogen-bond acceptors (Lipinski definition) is 3. The monoisotopic (exact) mass is 396 g/mol. The second-order valence-corrected chi connectivity index (χ2v) is 7.02. The van der Waals surface area contributed by atoms with E-state index in [1.54, 1.807) is 26.1 Å². The molecule has 6 heteroatoms. The van der Waals surface area contributed by atoms with Crippen LogP contribution in [0.25, 0.3) is 0 Å². The van der Waals surface area contributed by atoms with Crippen molar-refractivity contribution in [2.45, 2.75) is 26.5 Å². The van der Waals surface area contributed by atoms with Gasteiger partial charge in [0.05, 0.1) is 13.2 Å². The molecule has 0 aliphatic carbocycles. The molecule has 2 aromatic rings. The predicted molar refractivity (Wildman–Crippen MR) is 118 cm³/mol. The Morgan fingerprint density at radius 3 is 2.41 bits per heavy atom. The van der Waals surface area contributed by atoms with Crippen molar-refractivity contribution < 1.29 is 9.53 Å². The molecular weight excluding hydrogens is 364 g/mol. The van der Waals surface area contributed by atoms with Crippen molar-refractivity contribution in [1.29, 1.82) is 0 Å². The van der Waals surface area contributed by atoms with Crippen LogP contribution < -0.4 is 10.6 Å². The summed E-state index contributed by atoms with van der Waals surface area (Å²) >= 11 is 0. The fraction of sp³-hybridized carbons (Fsp3) is 0.391. The van der Waals surface area contributed by atoms with E-state index in [2.05, 4.69) is 39.9 Å². The molecule has 0 heterocycles. The maximum absolute atomic E-state index is 12.1. The van der Waals surface area contributed by atoms with Crippen molar-refractivity contribution in [3.8, 4) is 0 Å². The van der Waals surface area contributed by atoms with Gasteiger partial charge in [0.2, 0.25) is 0 Å². The summed E-state index contributed by atoms with van der Waals surface area (Å²) < 4.78 is 5.14. The van der Waals surface area contributed by atoms with Crippen LogP contribution in [0.4, 0.5) is 0 Å². The van der Waals surface area contributed by atoms with Crippen LogP contribution in [0.2, 0.25) is 0 Å². The highest BCUT2D eigenvalue weighted by Gasteiger charge is 2.08. The Bertz CT molecular complexity index is 801. The Kier molecular flexibility index (Phi) is 9.18. The molecule has 0 saturated carbocycles. The highest BCUT2D eigenvalue weighted by Crippen LogP contribution is 2.08. The smallest absolute Gasteiger partial charge is 0.253 e. The lowest BCUT2D eigenvalue weighted by atomic mass is 10.1. The van der Waals surface area contributed by atoms with Crippen molar-refractivity contribution in [3.63, 3.8) is 0 Å². The summed E-state index contributed by atoms with van der Waals surface area (Å²) in [6.45, 7) is 4.81. The Hall–Kier alpha value is -2.86. The van der Waals surface area contributed by atoms with Crippen LogP contribution in [-0.4, -0.2) is 51.1 Å². The van der Waals surface area contributed by atoms with E-state index >= 15 is 0 Å². The molecule has 0 saturated heterocycles. The van der Waals surface area contributed by atoms with Crippen LogP contribution in [0.3, 0.4) is 0 Å². The summed E-state index contributed by atoms with van der Waals surface area (Å²) in [5.74, 6) is 0.806. The molecular formula is C23H32N4O2. The largest absolute Gasteiger partial charge is 0.380 e. The van der Waals surface area contributed by atoms with Gasteiger partial charge in [-0.3, -0.25) is 4.79 Å². The zero-order valence-electron chi connectivity index (χ0n) is 17.9. The van der Waals surface area contributed by atoms with E-state index in [-0.39, 0.29) is 5.91 Å². The lowest BCUT2D eigenvalue weighted by Crippen LogP contribution is -2.38. The Morgan fingerprint density at radius 2 is 1.76 bits per heavy atom. The van der Waals surface area contributed by atoms with E-state index in [9.17, 15) is 4.79 Å². The van der Waals surface area contributed by atoms with Crippen LogP contribution in [0.1, 0.15) is 34.0 Å². The first-order valence-electron chi connectivity index (χ1n) is 9.93. The molecule has 156 valence electrons. The summed E-state index contributed by atoms with van der Waals surface area (Å²) in [6, 6.07) is 16.1. The number of amides is 1. The first-order valence-corrected chi connectivity index (χ1v) is 9.93. The Balaban J connectivity index is 1.91. The average Bonchev–Trinajstić information content (AvgIpc) is 2.73. The van der Waals surface area contributed by atoms with Gasteiger partial charge in [0.25, 0.3) is 5.91 Å². The number of nitrogens with zero attached hydrogens (tertiary/aromatic N) is 2. The molecule has 0 fully saturated rings. The van der Waals surface area contributed by atoms with Crippen LogP contribution in [-0.2, 0) is 24.3 Å². The predicted octanol–water partition coefficient (Wildman–Crippen LogP) is 2.83. The number of benzene rings is 2. The molecule has 2 aromatic carbocycles. The highest BCUT2D eigenvalue weighted by atomic mass is 16.5. The van der Waals surface area contributed by atoms with E-state index in [0.29, 0.717) is 18.7 Å². The molecule has 0 aliphatic heterocycles. The minimum absolute atomic E-state index is 0.0197. The van der Waals surface area contributed by atoms with Gasteiger partial charge in [0, 0.05) is 39.9 Å². The number of guanidine groups is 1. The van der Waals surface area contributed by atoms with Gasteiger partial charge in [-0.1, -0.05) is 36.4 Å². The molecule has 1 amide bonds. The van der Waals surface area contributed by atoms with Crippen LogP contribution >= 0.6 is 0 Å². The van der Waals surface area contributed by atoms with E-state index in [0.717, 1.165) is 42.2 Å². The minimum atomic E-state index is 0.0197. The first-order chi connectivity index (χ1) is 14.0. The molecule has 2 rings (SSSR count). The lowest BCUT2D eigenvalue weighted by Gasteiger charge is -2.13.